The van der Waals surface area contributed by atoms with Gasteiger partial charge >= 0.3 is 0 Å². The number of carbonyl (C=O) groups is 3. The summed E-state index contributed by atoms with van der Waals surface area (Å²) in [4.78, 5) is 35.3. The van der Waals surface area contributed by atoms with Gasteiger partial charge in [-0.2, -0.15) is 0 Å². The van der Waals surface area contributed by atoms with Crippen molar-refractivity contribution < 1.29 is 14.4 Å². The zero-order valence-electron chi connectivity index (χ0n) is 14.8. The molecule has 0 aromatic heterocycles. The zero-order chi connectivity index (χ0) is 17.7. The van der Waals surface area contributed by atoms with Crippen molar-refractivity contribution in [1.82, 2.24) is 0 Å². The molecule has 0 heterocycles. The summed E-state index contributed by atoms with van der Waals surface area (Å²) in [6, 6.07) is 7.05. The summed E-state index contributed by atoms with van der Waals surface area (Å²) in [7, 11) is 0. The van der Waals surface area contributed by atoms with Crippen molar-refractivity contribution in [3.8, 4) is 0 Å². The molecule has 2 unspecified atom stereocenters. The molecule has 4 heteroatoms. The number of carbonyl (C=O) groups excluding carboxylic acids is 3. The van der Waals surface area contributed by atoms with Crippen LogP contribution in [0.5, 0.6) is 0 Å². The normalized spacial score (nSPS) is 19.2. The monoisotopic (exact) mass is 329 g/mol. The first kappa shape index (κ1) is 18.4. The van der Waals surface area contributed by atoms with Crippen LogP contribution in [0.25, 0.3) is 0 Å². The minimum Gasteiger partial charge on any atom is -0.385 e. The van der Waals surface area contributed by atoms with Gasteiger partial charge in [0.15, 0.2) is 5.78 Å². The number of hydrogen-bond acceptors (Lipinski definition) is 4. The van der Waals surface area contributed by atoms with Crippen molar-refractivity contribution >= 4 is 23.0 Å². The zero-order valence-corrected chi connectivity index (χ0v) is 14.8. The number of anilines is 1. The summed E-state index contributed by atoms with van der Waals surface area (Å²) in [6.07, 6.45) is 5.20. The second kappa shape index (κ2) is 8.22. The Morgan fingerprint density at radius 1 is 1.08 bits per heavy atom. The van der Waals surface area contributed by atoms with Gasteiger partial charge in [-0.15, -0.1) is 0 Å². The third kappa shape index (κ3) is 4.76. The summed E-state index contributed by atoms with van der Waals surface area (Å²) >= 11 is 0. The minimum atomic E-state index is -1.17. The summed E-state index contributed by atoms with van der Waals surface area (Å²) in [5.41, 5.74) is 1.37. The molecule has 0 bridgehead atoms. The van der Waals surface area contributed by atoms with Gasteiger partial charge in [0.25, 0.3) is 0 Å². The lowest BCUT2D eigenvalue weighted by molar-refractivity contribution is -0.128. The molecule has 2 rings (SSSR count). The van der Waals surface area contributed by atoms with E-state index in [4.69, 9.17) is 0 Å². The lowest BCUT2D eigenvalue weighted by Gasteiger charge is -2.10. The van der Waals surface area contributed by atoms with Gasteiger partial charge in [-0.25, -0.2) is 0 Å². The van der Waals surface area contributed by atoms with E-state index in [1.807, 2.05) is 12.1 Å². The number of unbranched alkanes of at least 4 members (excludes halogenated alkanes) is 1. The van der Waals surface area contributed by atoms with Gasteiger partial charge < -0.3 is 5.32 Å². The molecule has 0 amide bonds. The molecule has 1 aliphatic carbocycles. The summed E-state index contributed by atoms with van der Waals surface area (Å²) in [6.45, 7) is 5.75. The maximum absolute atomic E-state index is 12.3. The minimum absolute atomic E-state index is 0.401. The van der Waals surface area contributed by atoms with E-state index in [2.05, 4.69) is 12.2 Å². The third-order valence-corrected chi connectivity index (χ3v) is 4.81. The number of benzene rings is 1. The van der Waals surface area contributed by atoms with E-state index in [9.17, 15) is 14.4 Å². The Morgan fingerprint density at radius 2 is 1.71 bits per heavy atom. The predicted molar refractivity (Wildman–Crippen MR) is 95.2 cm³/mol. The highest BCUT2D eigenvalue weighted by atomic mass is 16.2. The van der Waals surface area contributed by atoms with Crippen LogP contribution in [-0.2, 0) is 9.59 Å². The average Bonchev–Trinajstić information content (AvgIpc) is 3.29. The molecule has 130 valence electrons. The topological polar surface area (TPSA) is 63.2 Å². The first-order chi connectivity index (χ1) is 11.4. The highest BCUT2D eigenvalue weighted by Gasteiger charge is 2.35. The fourth-order valence-corrected chi connectivity index (χ4v) is 3.20. The maximum Gasteiger partial charge on any atom is 0.180 e. The number of rotatable bonds is 10. The molecule has 4 nitrogen and oxygen atoms in total. The Morgan fingerprint density at radius 3 is 2.25 bits per heavy atom. The molecule has 1 N–H and O–H groups in total. The van der Waals surface area contributed by atoms with E-state index >= 15 is 0 Å². The Kier molecular flexibility index (Phi) is 6.29. The molecule has 1 aromatic carbocycles. The van der Waals surface area contributed by atoms with Gasteiger partial charge in [-0.1, -0.05) is 26.2 Å². The largest absolute Gasteiger partial charge is 0.385 e. The molecule has 1 aromatic rings. The van der Waals surface area contributed by atoms with Crippen LogP contribution in [0.3, 0.4) is 0 Å². The molecule has 0 aliphatic heterocycles. The van der Waals surface area contributed by atoms with Crippen LogP contribution in [0.15, 0.2) is 24.3 Å². The molecule has 0 saturated heterocycles. The van der Waals surface area contributed by atoms with E-state index in [0.717, 1.165) is 24.1 Å². The smallest absolute Gasteiger partial charge is 0.180 e. The Hall–Kier alpha value is -1.97. The summed E-state index contributed by atoms with van der Waals surface area (Å²) < 4.78 is 0. The fraction of sp³-hybridized carbons (Fsp3) is 0.550. The Bertz CT molecular complexity index is 592. The number of ketones is 3. The number of hydrogen-bond donors (Lipinski definition) is 1. The van der Waals surface area contributed by atoms with Crippen LogP contribution in [0, 0.1) is 17.8 Å². The molecule has 1 aliphatic rings. The van der Waals surface area contributed by atoms with Gasteiger partial charge in [-0.05, 0) is 56.4 Å². The van der Waals surface area contributed by atoms with Crippen LogP contribution < -0.4 is 5.32 Å². The van der Waals surface area contributed by atoms with Gasteiger partial charge in [0.05, 0.1) is 0 Å². The third-order valence-electron chi connectivity index (χ3n) is 4.81. The van der Waals surface area contributed by atoms with Crippen molar-refractivity contribution in [3.05, 3.63) is 29.8 Å². The van der Waals surface area contributed by atoms with Crippen molar-refractivity contribution in [3.63, 3.8) is 0 Å². The quantitative estimate of drug-likeness (QED) is 0.522. The van der Waals surface area contributed by atoms with E-state index in [1.165, 1.54) is 39.5 Å². The van der Waals surface area contributed by atoms with Gasteiger partial charge in [0.1, 0.15) is 17.5 Å². The molecule has 0 radical (unpaired) electrons. The van der Waals surface area contributed by atoms with Crippen molar-refractivity contribution in [2.45, 2.75) is 46.5 Å². The molecular formula is C20H27NO3. The van der Waals surface area contributed by atoms with Crippen LogP contribution >= 0.6 is 0 Å². The van der Waals surface area contributed by atoms with E-state index in [0.29, 0.717) is 5.56 Å². The van der Waals surface area contributed by atoms with E-state index in [-0.39, 0.29) is 0 Å². The molecule has 24 heavy (non-hydrogen) atoms. The van der Waals surface area contributed by atoms with E-state index in [1.54, 1.807) is 12.1 Å². The molecule has 2 atom stereocenters. The molecule has 1 fully saturated rings. The standard InChI is InChI=1S/C20H27NO3/c1-4-5-6-16-11-17(16)12-21-18-9-7-15(8-10-18)20(24)19(13(2)22)14(3)23/h7-10,16-17,19,21H,4-6,11-12H2,1-3H3. The van der Waals surface area contributed by atoms with E-state index < -0.39 is 23.3 Å². The van der Waals surface area contributed by atoms with Gasteiger partial charge in [0, 0.05) is 17.8 Å². The van der Waals surface area contributed by atoms with Crippen molar-refractivity contribution in [2.75, 3.05) is 11.9 Å². The number of Topliss-reactive ketones (excluding diaryl/α,β-unsaturated/α-hetero) is 3. The molecule has 0 spiro atoms. The summed E-state index contributed by atoms with van der Waals surface area (Å²) in [5.74, 6) is -0.760. The maximum atomic E-state index is 12.3. The average molecular weight is 329 g/mol. The lowest BCUT2D eigenvalue weighted by atomic mass is 9.91. The first-order valence-corrected chi connectivity index (χ1v) is 8.83. The highest BCUT2D eigenvalue weighted by molar-refractivity contribution is 6.23. The van der Waals surface area contributed by atoms with Crippen LogP contribution in [0.1, 0.15) is 56.8 Å². The van der Waals surface area contributed by atoms with Gasteiger partial charge in [0.2, 0.25) is 0 Å². The van der Waals surface area contributed by atoms with Gasteiger partial charge in [-0.3, -0.25) is 14.4 Å². The highest BCUT2D eigenvalue weighted by Crippen LogP contribution is 2.42. The van der Waals surface area contributed by atoms with Crippen molar-refractivity contribution in [2.24, 2.45) is 17.8 Å². The number of nitrogens with one attached hydrogen (secondary N) is 1. The lowest BCUT2D eigenvalue weighted by Crippen LogP contribution is -2.28. The molecular weight excluding hydrogens is 302 g/mol. The fourth-order valence-electron chi connectivity index (χ4n) is 3.20. The summed E-state index contributed by atoms with van der Waals surface area (Å²) in [5, 5.41) is 3.41. The predicted octanol–water partition coefficient (Wildman–Crippen LogP) is 3.90. The van der Waals surface area contributed by atoms with Crippen molar-refractivity contribution in [1.29, 1.82) is 0 Å². The Balaban J connectivity index is 1.88. The molecule has 1 saturated carbocycles. The second-order valence-corrected chi connectivity index (χ2v) is 6.87. The van der Waals surface area contributed by atoms with Crippen LogP contribution in [0.2, 0.25) is 0 Å². The van der Waals surface area contributed by atoms with Crippen LogP contribution in [-0.4, -0.2) is 23.9 Å². The SMILES string of the molecule is CCCCC1CC1CNc1ccc(C(=O)C(C(C)=O)C(C)=O)cc1. The Labute approximate surface area is 144 Å². The van der Waals surface area contributed by atoms with Crippen LogP contribution in [0.4, 0.5) is 5.69 Å². The second-order valence-electron chi connectivity index (χ2n) is 6.87. The first-order valence-electron chi connectivity index (χ1n) is 8.83.